The molecule has 7 rings (SSSR count). The van der Waals surface area contributed by atoms with Crippen molar-refractivity contribution < 1.29 is 0 Å². The first-order chi connectivity index (χ1) is 17.9. The maximum Gasteiger partial charge on any atom is 0.145 e. The van der Waals surface area contributed by atoms with Crippen molar-refractivity contribution in [1.29, 1.82) is 0 Å². The zero-order valence-corrected chi connectivity index (χ0v) is 19.5. The van der Waals surface area contributed by atoms with Gasteiger partial charge in [-0.1, -0.05) is 91.0 Å². The summed E-state index contributed by atoms with van der Waals surface area (Å²) in [4.78, 5) is 9.70. The van der Waals surface area contributed by atoms with Gasteiger partial charge in [0.15, 0.2) is 0 Å². The van der Waals surface area contributed by atoms with Crippen LogP contribution in [0.3, 0.4) is 0 Å². The smallest absolute Gasteiger partial charge is 0.145 e. The van der Waals surface area contributed by atoms with Crippen molar-refractivity contribution in [2.45, 2.75) is 0 Å². The molecule has 0 amide bonds. The van der Waals surface area contributed by atoms with Crippen LogP contribution in [-0.4, -0.2) is 19.1 Å². The van der Waals surface area contributed by atoms with Gasteiger partial charge in [-0.05, 0) is 36.4 Å². The van der Waals surface area contributed by atoms with Crippen molar-refractivity contribution in [3.8, 4) is 33.9 Å². The standard InChI is InChI=1S/C32H22N4/c1-2-12-23(13-3-1)32-34-27-17-7-11-21-31(27)36(32)29-19-9-5-15-25(29)24-14-4-8-18-28(24)35-22-33-26-16-6-10-20-30(26)35/h1-22H. The third-order valence-corrected chi connectivity index (χ3v) is 6.65. The number of para-hydroxylation sites is 6. The van der Waals surface area contributed by atoms with Crippen molar-refractivity contribution in [2.24, 2.45) is 0 Å². The van der Waals surface area contributed by atoms with Gasteiger partial charge in [0.05, 0.1) is 33.4 Å². The van der Waals surface area contributed by atoms with Crippen molar-refractivity contribution in [3.05, 3.63) is 134 Å². The Hall–Kier alpha value is -4.96. The molecule has 5 aromatic carbocycles. The zero-order valence-electron chi connectivity index (χ0n) is 19.5. The van der Waals surface area contributed by atoms with E-state index in [2.05, 4.69) is 117 Å². The number of imidazole rings is 2. The first-order valence-electron chi connectivity index (χ1n) is 12.0. The fourth-order valence-electron chi connectivity index (χ4n) is 5.01. The quantitative estimate of drug-likeness (QED) is 0.269. The molecule has 0 bridgehead atoms. The lowest BCUT2D eigenvalue weighted by Crippen LogP contribution is -2.02. The van der Waals surface area contributed by atoms with Crippen LogP contribution in [-0.2, 0) is 0 Å². The summed E-state index contributed by atoms with van der Waals surface area (Å²) in [6.45, 7) is 0. The highest BCUT2D eigenvalue weighted by Crippen LogP contribution is 2.37. The molecule has 0 aliphatic rings. The van der Waals surface area contributed by atoms with Crippen LogP contribution in [0.4, 0.5) is 0 Å². The van der Waals surface area contributed by atoms with E-state index in [0.717, 1.165) is 56.0 Å². The second kappa shape index (κ2) is 8.36. The summed E-state index contributed by atoms with van der Waals surface area (Å²) in [5.41, 5.74) is 9.63. The van der Waals surface area contributed by atoms with Gasteiger partial charge in [-0.2, -0.15) is 0 Å². The molecule has 0 saturated heterocycles. The van der Waals surface area contributed by atoms with Gasteiger partial charge in [0, 0.05) is 16.7 Å². The van der Waals surface area contributed by atoms with Gasteiger partial charge < -0.3 is 0 Å². The highest BCUT2D eigenvalue weighted by atomic mass is 15.1. The Morgan fingerprint density at radius 1 is 0.472 bits per heavy atom. The minimum Gasteiger partial charge on any atom is -0.298 e. The summed E-state index contributed by atoms with van der Waals surface area (Å²) in [6.07, 6.45) is 1.91. The summed E-state index contributed by atoms with van der Waals surface area (Å²) >= 11 is 0. The summed E-state index contributed by atoms with van der Waals surface area (Å²) in [5, 5.41) is 0. The monoisotopic (exact) mass is 462 g/mol. The molecule has 0 spiro atoms. The fraction of sp³-hybridized carbons (Fsp3) is 0. The lowest BCUT2D eigenvalue weighted by molar-refractivity contribution is 1.08. The molecule has 0 atom stereocenters. The summed E-state index contributed by atoms with van der Waals surface area (Å²) < 4.78 is 4.45. The Bertz CT molecular complexity index is 1840. The Morgan fingerprint density at radius 3 is 1.86 bits per heavy atom. The molecule has 2 aromatic heterocycles. The van der Waals surface area contributed by atoms with E-state index in [-0.39, 0.29) is 0 Å². The van der Waals surface area contributed by atoms with Crippen LogP contribution in [0.25, 0.3) is 56.0 Å². The molecule has 2 heterocycles. The number of hydrogen-bond donors (Lipinski definition) is 0. The Balaban J connectivity index is 1.51. The Morgan fingerprint density at radius 2 is 1.06 bits per heavy atom. The number of fused-ring (bicyclic) bond motifs is 2. The van der Waals surface area contributed by atoms with Gasteiger partial charge in [-0.25, -0.2) is 9.97 Å². The molecule has 36 heavy (non-hydrogen) atoms. The second-order valence-corrected chi connectivity index (χ2v) is 8.76. The molecule has 0 N–H and O–H groups in total. The van der Waals surface area contributed by atoms with Gasteiger partial charge >= 0.3 is 0 Å². The molecule has 4 nitrogen and oxygen atoms in total. The predicted molar refractivity (Wildman–Crippen MR) is 147 cm³/mol. The fourth-order valence-corrected chi connectivity index (χ4v) is 5.01. The third kappa shape index (κ3) is 3.23. The van der Waals surface area contributed by atoms with Crippen molar-refractivity contribution in [2.75, 3.05) is 0 Å². The molecule has 0 aliphatic heterocycles. The summed E-state index contributed by atoms with van der Waals surface area (Å²) in [7, 11) is 0. The van der Waals surface area contributed by atoms with Crippen molar-refractivity contribution >= 4 is 22.1 Å². The van der Waals surface area contributed by atoms with Crippen molar-refractivity contribution in [1.82, 2.24) is 19.1 Å². The second-order valence-electron chi connectivity index (χ2n) is 8.76. The first-order valence-corrected chi connectivity index (χ1v) is 12.0. The lowest BCUT2D eigenvalue weighted by atomic mass is 10.0. The molecule has 170 valence electrons. The van der Waals surface area contributed by atoms with Crippen LogP contribution in [0, 0.1) is 0 Å². The van der Waals surface area contributed by atoms with E-state index in [1.165, 1.54) is 0 Å². The van der Waals surface area contributed by atoms with E-state index in [9.17, 15) is 0 Å². The highest BCUT2D eigenvalue weighted by Gasteiger charge is 2.19. The van der Waals surface area contributed by atoms with E-state index in [1.807, 2.05) is 30.6 Å². The molecular formula is C32H22N4. The number of aromatic nitrogens is 4. The van der Waals surface area contributed by atoms with Gasteiger partial charge in [0.1, 0.15) is 12.2 Å². The van der Waals surface area contributed by atoms with E-state index >= 15 is 0 Å². The highest BCUT2D eigenvalue weighted by molar-refractivity contribution is 5.89. The number of hydrogen-bond acceptors (Lipinski definition) is 2. The van der Waals surface area contributed by atoms with Gasteiger partial charge in [-0.3, -0.25) is 9.13 Å². The zero-order chi connectivity index (χ0) is 23.9. The molecule has 4 heteroatoms. The average molecular weight is 463 g/mol. The van der Waals surface area contributed by atoms with Gasteiger partial charge in [0.25, 0.3) is 0 Å². The minimum atomic E-state index is 0.926. The lowest BCUT2D eigenvalue weighted by Gasteiger charge is -2.18. The average Bonchev–Trinajstić information content (AvgIpc) is 3.56. The van der Waals surface area contributed by atoms with E-state index in [0.29, 0.717) is 0 Å². The van der Waals surface area contributed by atoms with Crippen LogP contribution in [0.2, 0.25) is 0 Å². The molecule has 0 unspecified atom stereocenters. The van der Waals surface area contributed by atoms with Gasteiger partial charge in [-0.15, -0.1) is 0 Å². The van der Waals surface area contributed by atoms with Crippen LogP contribution >= 0.6 is 0 Å². The topological polar surface area (TPSA) is 35.6 Å². The van der Waals surface area contributed by atoms with Crippen LogP contribution in [0.1, 0.15) is 0 Å². The predicted octanol–water partition coefficient (Wildman–Crippen LogP) is 7.70. The first kappa shape index (κ1) is 20.4. The Kier molecular flexibility index (Phi) is 4.74. The molecular weight excluding hydrogens is 440 g/mol. The minimum absolute atomic E-state index is 0.926. The van der Waals surface area contributed by atoms with Crippen LogP contribution < -0.4 is 0 Å². The summed E-state index contributed by atoms with van der Waals surface area (Å²) in [6, 6.07) is 44.0. The normalized spacial score (nSPS) is 11.3. The third-order valence-electron chi connectivity index (χ3n) is 6.65. The molecule has 0 fully saturated rings. The molecule has 0 aliphatic carbocycles. The maximum absolute atomic E-state index is 5.06. The van der Waals surface area contributed by atoms with Crippen LogP contribution in [0.5, 0.6) is 0 Å². The largest absolute Gasteiger partial charge is 0.298 e. The van der Waals surface area contributed by atoms with Crippen molar-refractivity contribution in [3.63, 3.8) is 0 Å². The van der Waals surface area contributed by atoms with E-state index in [4.69, 9.17) is 4.98 Å². The number of rotatable bonds is 4. The van der Waals surface area contributed by atoms with Gasteiger partial charge in [0.2, 0.25) is 0 Å². The van der Waals surface area contributed by atoms with Crippen LogP contribution in [0.15, 0.2) is 134 Å². The molecule has 0 saturated carbocycles. The van der Waals surface area contributed by atoms with E-state index in [1.54, 1.807) is 0 Å². The maximum atomic E-state index is 5.06. The Labute approximate surface area is 208 Å². The SMILES string of the molecule is c1ccc(-c2nc3ccccc3n2-c2ccccc2-c2ccccc2-n2cnc3ccccc32)cc1. The summed E-state index contributed by atoms with van der Waals surface area (Å²) in [5.74, 6) is 0.926. The molecule has 0 radical (unpaired) electrons. The molecule has 7 aromatic rings. The number of benzene rings is 5. The van der Waals surface area contributed by atoms with E-state index < -0.39 is 0 Å². The number of nitrogens with zero attached hydrogens (tertiary/aromatic N) is 4.